The zero-order valence-corrected chi connectivity index (χ0v) is 14.0. The number of ether oxygens (including phenoxy) is 1. The van der Waals surface area contributed by atoms with E-state index in [0.717, 1.165) is 38.2 Å². The van der Waals surface area contributed by atoms with Crippen LogP contribution in [0.1, 0.15) is 32.4 Å². The maximum absolute atomic E-state index is 6.21. The number of halogens is 1. The van der Waals surface area contributed by atoms with E-state index in [4.69, 9.17) is 16.3 Å². The van der Waals surface area contributed by atoms with Gasteiger partial charge in [0.25, 0.3) is 0 Å². The Bertz CT molecular complexity index is 445. The van der Waals surface area contributed by atoms with Gasteiger partial charge in [-0.15, -0.1) is 0 Å². The molecule has 1 aromatic rings. The number of likely N-dealkylation sites (tertiary alicyclic amines) is 1. The monoisotopic (exact) mass is 311 g/mol. The molecule has 0 aliphatic carbocycles. The molecular formula is C16H26ClN3O. The Morgan fingerprint density at radius 2 is 2.10 bits per heavy atom. The number of hydrogen-bond donors (Lipinski definition) is 1. The Morgan fingerprint density at radius 3 is 2.76 bits per heavy atom. The van der Waals surface area contributed by atoms with Gasteiger partial charge >= 0.3 is 0 Å². The lowest BCUT2D eigenvalue weighted by atomic mass is 10.1. The second kappa shape index (κ2) is 7.97. The van der Waals surface area contributed by atoms with Crippen molar-refractivity contribution in [3.05, 3.63) is 22.8 Å². The second-order valence-electron chi connectivity index (χ2n) is 6.22. The van der Waals surface area contributed by atoms with E-state index in [1.165, 1.54) is 0 Å². The zero-order valence-electron chi connectivity index (χ0n) is 13.2. The van der Waals surface area contributed by atoms with Gasteiger partial charge in [0.2, 0.25) is 5.88 Å². The van der Waals surface area contributed by atoms with Crippen LogP contribution in [0.2, 0.25) is 5.02 Å². The van der Waals surface area contributed by atoms with Crippen molar-refractivity contribution >= 4 is 11.6 Å². The SMILES string of the molecule is CC(C)CNCc1nc(OC2CCN(C)CC2)ccc1Cl. The predicted molar refractivity (Wildman–Crippen MR) is 86.9 cm³/mol. The van der Waals surface area contributed by atoms with Gasteiger partial charge in [-0.3, -0.25) is 0 Å². The van der Waals surface area contributed by atoms with Gasteiger partial charge in [-0.25, -0.2) is 4.98 Å². The van der Waals surface area contributed by atoms with Gasteiger partial charge in [0.05, 0.1) is 10.7 Å². The number of aromatic nitrogens is 1. The van der Waals surface area contributed by atoms with E-state index in [0.29, 0.717) is 23.4 Å². The predicted octanol–water partition coefficient (Wildman–Crippen LogP) is 2.95. The molecule has 0 bridgehead atoms. The first-order chi connectivity index (χ1) is 10.0. The van der Waals surface area contributed by atoms with Crippen molar-refractivity contribution < 1.29 is 4.74 Å². The highest BCUT2D eigenvalue weighted by Crippen LogP contribution is 2.21. The number of nitrogens with zero attached hydrogens (tertiary/aromatic N) is 2. The van der Waals surface area contributed by atoms with Crippen molar-refractivity contribution in [3.63, 3.8) is 0 Å². The highest BCUT2D eigenvalue weighted by atomic mass is 35.5. The van der Waals surface area contributed by atoms with E-state index < -0.39 is 0 Å². The Balaban J connectivity index is 1.91. The minimum atomic E-state index is 0.270. The number of piperidine rings is 1. The van der Waals surface area contributed by atoms with Crippen LogP contribution >= 0.6 is 11.6 Å². The van der Waals surface area contributed by atoms with Gasteiger partial charge in [-0.1, -0.05) is 25.4 Å². The molecule has 0 atom stereocenters. The van der Waals surface area contributed by atoms with Crippen molar-refractivity contribution in [2.24, 2.45) is 5.92 Å². The molecule has 1 fully saturated rings. The van der Waals surface area contributed by atoms with Gasteiger partial charge < -0.3 is 15.0 Å². The summed E-state index contributed by atoms with van der Waals surface area (Å²) in [6.07, 6.45) is 2.38. The first-order valence-corrected chi connectivity index (χ1v) is 8.13. The van der Waals surface area contributed by atoms with Crippen LogP contribution in [0, 0.1) is 5.92 Å². The first-order valence-electron chi connectivity index (χ1n) is 7.76. The number of rotatable bonds is 6. The average molecular weight is 312 g/mol. The fourth-order valence-electron chi connectivity index (χ4n) is 2.41. The summed E-state index contributed by atoms with van der Waals surface area (Å²) in [7, 11) is 2.15. The molecule has 0 saturated carbocycles. The normalized spacial score (nSPS) is 17.4. The Morgan fingerprint density at radius 1 is 1.38 bits per heavy atom. The van der Waals surface area contributed by atoms with Crippen LogP contribution in [0.5, 0.6) is 5.88 Å². The Hall–Kier alpha value is -0.840. The summed E-state index contributed by atoms with van der Waals surface area (Å²) in [5.41, 5.74) is 0.864. The third-order valence-electron chi connectivity index (χ3n) is 3.69. The maximum Gasteiger partial charge on any atom is 0.213 e. The molecule has 1 N–H and O–H groups in total. The summed E-state index contributed by atoms with van der Waals surface area (Å²) in [6.45, 7) is 8.17. The molecule has 0 radical (unpaired) electrons. The molecule has 1 aliphatic rings. The van der Waals surface area contributed by atoms with Crippen molar-refractivity contribution in [1.82, 2.24) is 15.2 Å². The van der Waals surface area contributed by atoms with E-state index >= 15 is 0 Å². The summed E-state index contributed by atoms with van der Waals surface area (Å²) in [6, 6.07) is 3.75. The van der Waals surface area contributed by atoms with Gasteiger partial charge in [0.15, 0.2) is 0 Å². The smallest absolute Gasteiger partial charge is 0.213 e. The number of nitrogens with one attached hydrogen (secondary N) is 1. The van der Waals surface area contributed by atoms with Crippen LogP contribution in [0.4, 0.5) is 0 Å². The van der Waals surface area contributed by atoms with E-state index in [-0.39, 0.29) is 6.10 Å². The van der Waals surface area contributed by atoms with Crippen LogP contribution in [-0.2, 0) is 6.54 Å². The van der Waals surface area contributed by atoms with E-state index in [1.54, 1.807) is 0 Å². The summed E-state index contributed by atoms with van der Waals surface area (Å²) in [5.74, 6) is 1.30. The summed E-state index contributed by atoms with van der Waals surface area (Å²) in [5, 5.41) is 4.07. The van der Waals surface area contributed by atoms with Crippen molar-refractivity contribution in [1.29, 1.82) is 0 Å². The number of pyridine rings is 1. The third-order valence-corrected chi connectivity index (χ3v) is 4.04. The van der Waals surface area contributed by atoms with Crippen LogP contribution in [0.15, 0.2) is 12.1 Å². The molecule has 21 heavy (non-hydrogen) atoms. The Kier molecular flexibility index (Phi) is 6.27. The van der Waals surface area contributed by atoms with Crippen LogP contribution in [0.3, 0.4) is 0 Å². The zero-order chi connectivity index (χ0) is 15.2. The van der Waals surface area contributed by atoms with Gasteiger partial charge in [0, 0.05) is 25.7 Å². The number of hydrogen-bond acceptors (Lipinski definition) is 4. The summed E-state index contributed by atoms with van der Waals surface area (Å²) in [4.78, 5) is 6.88. The minimum absolute atomic E-state index is 0.270. The van der Waals surface area contributed by atoms with Gasteiger partial charge in [-0.2, -0.15) is 0 Å². The van der Waals surface area contributed by atoms with Crippen molar-refractivity contribution in [2.75, 3.05) is 26.7 Å². The highest BCUT2D eigenvalue weighted by Gasteiger charge is 2.18. The standard InChI is InChI=1S/C16H26ClN3O/c1-12(2)10-18-11-15-14(17)4-5-16(19-15)21-13-6-8-20(3)9-7-13/h4-5,12-13,18H,6-11H2,1-3H3. The molecular weight excluding hydrogens is 286 g/mol. The van der Waals surface area contributed by atoms with Crippen LogP contribution in [-0.4, -0.2) is 42.7 Å². The molecule has 0 amide bonds. The largest absolute Gasteiger partial charge is 0.474 e. The van der Waals surface area contributed by atoms with Crippen LogP contribution < -0.4 is 10.1 Å². The lowest BCUT2D eigenvalue weighted by Crippen LogP contribution is -2.35. The quantitative estimate of drug-likeness (QED) is 0.876. The minimum Gasteiger partial charge on any atom is -0.474 e. The molecule has 1 aromatic heterocycles. The molecule has 1 saturated heterocycles. The molecule has 118 valence electrons. The van der Waals surface area contributed by atoms with Crippen molar-refractivity contribution in [3.8, 4) is 5.88 Å². The molecule has 0 spiro atoms. The molecule has 2 heterocycles. The van der Waals surface area contributed by atoms with E-state index in [9.17, 15) is 0 Å². The highest BCUT2D eigenvalue weighted by molar-refractivity contribution is 6.31. The van der Waals surface area contributed by atoms with E-state index in [1.807, 2.05) is 12.1 Å². The summed E-state index contributed by atoms with van der Waals surface area (Å²) >= 11 is 6.21. The molecule has 0 aromatic carbocycles. The second-order valence-corrected chi connectivity index (χ2v) is 6.63. The fourth-order valence-corrected chi connectivity index (χ4v) is 2.58. The molecule has 2 rings (SSSR count). The average Bonchev–Trinajstić information content (AvgIpc) is 2.44. The van der Waals surface area contributed by atoms with E-state index in [2.05, 4.69) is 36.1 Å². The Labute approximate surface area is 132 Å². The molecule has 5 heteroatoms. The van der Waals surface area contributed by atoms with Gasteiger partial charge in [-0.05, 0) is 38.4 Å². The van der Waals surface area contributed by atoms with Gasteiger partial charge in [0.1, 0.15) is 6.10 Å². The van der Waals surface area contributed by atoms with Crippen molar-refractivity contribution in [2.45, 2.75) is 39.3 Å². The first kappa shape index (κ1) is 16.5. The lowest BCUT2D eigenvalue weighted by Gasteiger charge is -2.29. The topological polar surface area (TPSA) is 37.4 Å². The third kappa shape index (κ3) is 5.46. The molecule has 0 unspecified atom stereocenters. The van der Waals surface area contributed by atoms with Crippen LogP contribution in [0.25, 0.3) is 0 Å². The maximum atomic E-state index is 6.21. The summed E-state index contributed by atoms with van der Waals surface area (Å²) < 4.78 is 6.00. The lowest BCUT2D eigenvalue weighted by molar-refractivity contribution is 0.110. The molecule has 1 aliphatic heterocycles. The molecule has 4 nitrogen and oxygen atoms in total. The fraction of sp³-hybridized carbons (Fsp3) is 0.688.